The molecule has 0 saturated carbocycles. The van der Waals surface area contributed by atoms with Gasteiger partial charge in [0.2, 0.25) is 5.91 Å². The van der Waals surface area contributed by atoms with Crippen LogP contribution in [0.3, 0.4) is 0 Å². The standard InChI is InChI=1S/C24H28N2O3/c27-22(20-10-9-18-5-1-2-6-19(18)17-20)11-12-24(29)26-15-13-25(14-16-26)21-7-3-4-8-23(21)28/h3-4,7-10,17,28H,1-2,5-6,11-16H2. The van der Waals surface area contributed by atoms with Crippen LogP contribution in [-0.4, -0.2) is 47.9 Å². The normalized spacial score (nSPS) is 16.4. The van der Waals surface area contributed by atoms with Crippen molar-refractivity contribution >= 4 is 17.4 Å². The maximum absolute atomic E-state index is 12.6. The Morgan fingerprint density at radius 2 is 1.59 bits per heavy atom. The van der Waals surface area contributed by atoms with E-state index in [1.165, 1.54) is 24.0 Å². The SMILES string of the molecule is O=C(CCC(=O)N1CCN(c2ccccc2O)CC1)c1ccc2c(c1)CCCC2. The molecule has 1 aliphatic heterocycles. The number of fused-ring (bicyclic) bond motifs is 1. The lowest BCUT2D eigenvalue weighted by Crippen LogP contribution is -2.48. The Morgan fingerprint density at radius 3 is 2.34 bits per heavy atom. The van der Waals surface area contributed by atoms with Crippen molar-refractivity contribution in [1.29, 1.82) is 0 Å². The van der Waals surface area contributed by atoms with E-state index in [9.17, 15) is 14.7 Å². The maximum atomic E-state index is 12.6. The van der Waals surface area contributed by atoms with Crippen molar-refractivity contribution in [1.82, 2.24) is 4.90 Å². The number of aromatic hydroxyl groups is 1. The summed E-state index contributed by atoms with van der Waals surface area (Å²) < 4.78 is 0. The zero-order valence-electron chi connectivity index (χ0n) is 16.8. The van der Waals surface area contributed by atoms with E-state index in [4.69, 9.17) is 0 Å². The third-order valence-corrected chi connectivity index (χ3v) is 6.09. The van der Waals surface area contributed by atoms with Gasteiger partial charge in [-0.3, -0.25) is 9.59 Å². The number of ketones is 1. The van der Waals surface area contributed by atoms with E-state index in [2.05, 4.69) is 11.0 Å². The van der Waals surface area contributed by atoms with Gasteiger partial charge in [-0.2, -0.15) is 0 Å². The first kappa shape index (κ1) is 19.5. The van der Waals surface area contributed by atoms with E-state index in [0.717, 1.165) is 24.1 Å². The van der Waals surface area contributed by atoms with Crippen LogP contribution in [0.25, 0.3) is 0 Å². The van der Waals surface area contributed by atoms with Gasteiger partial charge in [-0.1, -0.05) is 24.3 Å². The molecule has 152 valence electrons. The van der Waals surface area contributed by atoms with Crippen LogP contribution in [0.1, 0.15) is 47.2 Å². The number of carbonyl (C=O) groups excluding carboxylic acids is 2. The van der Waals surface area contributed by atoms with E-state index in [-0.39, 0.29) is 30.3 Å². The molecule has 2 aromatic rings. The van der Waals surface area contributed by atoms with E-state index in [1.807, 2.05) is 29.2 Å². The molecular formula is C24H28N2O3. The van der Waals surface area contributed by atoms with Crippen molar-refractivity contribution < 1.29 is 14.7 Å². The molecule has 1 N–H and O–H groups in total. The molecule has 4 rings (SSSR count). The molecule has 1 fully saturated rings. The summed E-state index contributed by atoms with van der Waals surface area (Å²) in [6, 6.07) is 13.3. The Bertz CT molecular complexity index is 901. The fourth-order valence-corrected chi connectivity index (χ4v) is 4.36. The quantitative estimate of drug-likeness (QED) is 0.790. The van der Waals surface area contributed by atoms with Gasteiger partial charge in [-0.15, -0.1) is 0 Å². The second-order valence-electron chi connectivity index (χ2n) is 7.97. The minimum absolute atomic E-state index is 0.0354. The molecule has 1 heterocycles. The number of anilines is 1. The van der Waals surface area contributed by atoms with E-state index in [1.54, 1.807) is 12.1 Å². The molecule has 5 heteroatoms. The van der Waals surface area contributed by atoms with Crippen molar-refractivity contribution in [2.45, 2.75) is 38.5 Å². The van der Waals surface area contributed by atoms with Gasteiger partial charge in [0.15, 0.2) is 5.78 Å². The molecule has 0 atom stereocenters. The summed E-state index contributed by atoms with van der Waals surface area (Å²) in [6.07, 6.45) is 5.09. The minimum atomic E-state index is 0.0354. The number of Topliss-reactive ketones (excluding diaryl/α,β-unsaturated/α-hetero) is 1. The molecule has 0 spiro atoms. The van der Waals surface area contributed by atoms with Crippen LogP contribution >= 0.6 is 0 Å². The van der Waals surface area contributed by atoms with Crippen molar-refractivity contribution in [2.75, 3.05) is 31.1 Å². The monoisotopic (exact) mass is 392 g/mol. The highest BCUT2D eigenvalue weighted by Crippen LogP contribution is 2.27. The number of piperazine rings is 1. The van der Waals surface area contributed by atoms with Gasteiger partial charge in [0.1, 0.15) is 5.75 Å². The number of aryl methyl sites for hydroxylation is 2. The van der Waals surface area contributed by atoms with Gasteiger partial charge in [0.25, 0.3) is 0 Å². The number of phenolic OH excluding ortho intramolecular Hbond substituents is 1. The number of hydrogen-bond acceptors (Lipinski definition) is 4. The first-order valence-electron chi connectivity index (χ1n) is 10.6. The summed E-state index contributed by atoms with van der Waals surface area (Å²) in [7, 11) is 0. The molecule has 0 aromatic heterocycles. The summed E-state index contributed by atoms with van der Waals surface area (Å²) in [4.78, 5) is 29.1. The number of phenols is 1. The number of amides is 1. The van der Waals surface area contributed by atoms with Crippen LogP contribution in [0.5, 0.6) is 5.75 Å². The van der Waals surface area contributed by atoms with Crippen molar-refractivity contribution in [3.8, 4) is 5.75 Å². The summed E-state index contributed by atoms with van der Waals surface area (Å²) >= 11 is 0. The summed E-state index contributed by atoms with van der Waals surface area (Å²) in [5.74, 6) is 0.357. The van der Waals surface area contributed by atoms with Crippen LogP contribution < -0.4 is 4.90 Å². The van der Waals surface area contributed by atoms with Gasteiger partial charge >= 0.3 is 0 Å². The Morgan fingerprint density at radius 1 is 0.862 bits per heavy atom. The highest BCUT2D eigenvalue weighted by atomic mass is 16.3. The number of benzene rings is 2. The molecule has 2 aromatic carbocycles. The first-order valence-corrected chi connectivity index (χ1v) is 10.6. The fourth-order valence-electron chi connectivity index (χ4n) is 4.36. The zero-order chi connectivity index (χ0) is 20.2. The third-order valence-electron chi connectivity index (χ3n) is 6.09. The number of para-hydroxylation sites is 2. The zero-order valence-corrected chi connectivity index (χ0v) is 16.8. The maximum Gasteiger partial charge on any atom is 0.223 e. The molecule has 0 bridgehead atoms. The van der Waals surface area contributed by atoms with Crippen molar-refractivity contribution in [3.05, 3.63) is 59.2 Å². The Labute approximate surface area is 171 Å². The van der Waals surface area contributed by atoms with Crippen LogP contribution in [0.2, 0.25) is 0 Å². The topological polar surface area (TPSA) is 60.9 Å². The average Bonchev–Trinajstić information content (AvgIpc) is 2.77. The van der Waals surface area contributed by atoms with Crippen LogP contribution in [-0.2, 0) is 17.6 Å². The van der Waals surface area contributed by atoms with Gasteiger partial charge in [-0.25, -0.2) is 0 Å². The summed E-state index contributed by atoms with van der Waals surface area (Å²) in [6.45, 7) is 2.59. The molecule has 2 aliphatic rings. The lowest BCUT2D eigenvalue weighted by molar-refractivity contribution is -0.131. The van der Waals surface area contributed by atoms with E-state index < -0.39 is 0 Å². The van der Waals surface area contributed by atoms with E-state index >= 15 is 0 Å². The molecule has 29 heavy (non-hydrogen) atoms. The highest BCUT2D eigenvalue weighted by Gasteiger charge is 2.23. The molecular weight excluding hydrogens is 364 g/mol. The lowest BCUT2D eigenvalue weighted by atomic mass is 9.89. The fraction of sp³-hybridized carbons (Fsp3) is 0.417. The van der Waals surface area contributed by atoms with Gasteiger partial charge in [0, 0.05) is 44.6 Å². The first-order chi connectivity index (χ1) is 14.1. The van der Waals surface area contributed by atoms with Gasteiger partial charge in [0.05, 0.1) is 5.69 Å². The van der Waals surface area contributed by atoms with Crippen molar-refractivity contribution in [3.63, 3.8) is 0 Å². The van der Waals surface area contributed by atoms with Crippen molar-refractivity contribution in [2.24, 2.45) is 0 Å². The highest BCUT2D eigenvalue weighted by molar-refractivity contribution is 5.98. The number of nitrogens with zero attached hydrogens (tertiary/aromatic N) is 2. The number of carbonyl (C=O) groups is 2. The van der Waals surface area contributed by atoms with Crippen LogP contribution in [0.15, 0.2) is 42.5 Å². The second kappa shape index (κ2) is 8.68. The Kier molecular flexibility index (Phi) is 5.84. The average molecular weight is 392 g/mol. The third kappa shape index (κ3) is 4.44. The molecule has 1 aliphatic carbocycles. The summed E-state index contributed by atoms with van der Waals surface area (Å²) in [5.41, 5.74) is 4.21. The van der Waals surface area contributed by atoms with Gasteiger partial charge in [-0.05, 0) is 55.0 Å². The predicted molar refractivity (Wildman–Crippen MR) is 114 cm³/mol. The molecule has 5 nitrogen and oxygen atoms in total. The molecule has 0 radical (unpaired) electrons. The smallest absolute Gasteiger partial charge is 0.223 e. The van der Waals surface area contributed by atoms with E-state index in [0.29, 0.717) is 26.2 Å². The Hall–Kier alpha value is -2.82. The molecule has 0 unspecified atom stereocenters. The molecule has 1 saturated heterocycles. The summed E-state index contributed by atoms with van der Waals surface area (Å²) in [5, 5.41) is 10.0. The Balaban J connectivity index is 1.28. The minimum Gasteiger partial charge on any atom is -0.506 e. The number of rotatable bonds is 5. The lowest BCUT2D eigenvalue weighted by Gasteiger charge is -2.36. The second-order valence-corrected chi connectivity index (χ2v) is 7.97. The number of hydrogen-bond donors (Lipinski definition) is 1. The van der Waals surface area contributed by atoms with Crippen LogP contribution in [0.4, 0.5) is 5.69 Å². The van der Waals surface area contributed by atoms with Gasteiger partial charge < -0.3 is 14.9 Å². The molecule has 1 amide bonds. The predicted octanol–water partition coefficient (Wildman–Crippen LogP) is 3.58. The van der Waals surface area contributed by atoms with Crippen LogP contribution in [0, 0.1) is 0 Å². The largest absolute Gasteiger partial charge is 0.506 e.